The zero-order valence-corrected chi connectivity index (χ0v) is 20.9. The molecule has 0 saturated carbocycles. The van der Waals surface area contributed by atoms with Crippen molar-refractivity contribution in [2.24, 2.45) is 0 Å². The van der Waals surface area contributed by atoms with Crippen molar-refractivity contribution < 1.29 is 13.2 Å². The molecule has 2 N–H and O–H groups in total. The summed E-state index contributed by atoms with van der Waals surface area (Å²) in [6.07, 6.45) is 6.69. The first kappa shape index (κ1) is 23.7. The quantitative estimate of drug-likeness (QED) is 0.321. The summed E-state index contributed by atoms with van der Waals surface area (Å²) < 4.78 is 38.7. The molecule has 5 aromatic heterocycles. The molecule has 0 aliphatic carbocycles. The lowest BCUT2D eigenvalue weighted by Crippen LogP contribution is -2.17. The summed E-state index contributed by atoms with van der Waals surface area (Å²) in [6.45, 7) is 1.76. The fraction of sp³-hybridized carbons (Fsp3) is 0.0690. The maximum Gasteiger partial charge on any atom is 0.203 e. The minimum absolute atomic E-state index is 0.0247. The van der Waals surface area contributed by atoms with Gasteiger partial charge in [0, 0.05) is 24.2 Å². The third kappa shape index (κ3) is 3.55. The van der Waals surface area contributed by atoms with Crippen LogP contribution in [0.2, 0.25) is 0 Å². The molecule has 0 fully saturated rings. The molecule has 0 radical (unpaired) electrons. The number of fused-ring (bicyclic) bond motifs is 3. The van der Waals surface area contributed by atoms with Crippen molar-refractivity contribution in [1.29, 1.82) is 0 Å². The van der Waals surface area contributed by atoms with E-state index in [-0.39, 0.29) is 33.7 Å². The third-order valence-electron chi connectivity index (χ3n) is 6.94. The summed E-state index contributed by atoms with van der Waals surface area (Å²) >= 11 is 0. The van der Waals surface area contributed by atoms with Crippen LogP contribution >= 0.6 is 0 Å². The van der Waals surface area contributed by atoms with Crippen molar-refractivity contribution in [2.45, 2.75) is 13.0 Å². The van der Waals surface area contributed by atoms with E-state index in [0.717, 1.165) is 11.2 Å². The molecule has 40 heavy (non-hydrogen) atoms. The fourth-order valence-corrected chi connectivity index (χ4v) is 5.07. The lowest BCUT2D eigenvalue weighted by molar-refractivity contribution is 0.445. The number of benzene rings is 2. The van der Waals surface area contributed by atoms with Gasteiger partial charge in [-0.1, -0.05) is 18.2 Å². The van der Waals surface area contributed by atoms with Crippen molar-refractivity contribution in [1.82, 2.24) is 29.1 Å². The van der Waals surface area contributed by atoms with Gasteiger partial charge < -0.3 is 14.6 Å². The zero-order valence-electron chi connectivity index (χ0n) is 20.9. The van der Waals surface area contributed by atoms with E-state index < -0.39 is 23.1 Å². The predicted octanol–water partition coefficient (Wildman–Crippen LogP) is 5.38. The van der Waals surface area contributed by atoms with Gasteiger partial charge in [0.1, 0.15) is 57.9 Å². The molecule has 0 amide bonds. The Morgan fingerprint density at radius 3 is 2.67 bits per heavy atom. The first-order chi connectivity index (χ1) is 19.4. The highest BCUT2D eigenvalue weighted by Crippen LogP contribution is 2.36. The topological polar surface area (TPSA) is 117 Å². The lowest BCUT2D eigenvalue weighted by Gasteiger charge is -2.17. The second-order valence-electron chi connectivity index (χ2n) is 9.33. The molecule has 0 aliphatic rings. The van der Waals surface area contributed by atoms with E-state index in [1.54, 1.807) is 23.9 Å². The lowest BCUT2D eigenvalue weighted by atomic mass is 9.99. The number of pyridine rings is 1. The summed E-state index contributed by atoms with van der Waals surface area (Å²) in [5, 5.41) is 5.15. The Morgan fingerprint density at radius 1 is 0.975 bits per heavy atom. The average Bonchev–Trinajstić information content (AvgIpc) is 3.57. The standard InChI is InChI=1S/C29H19F2N7O2/c1-15(27-22(16-4-2-5-18(30)12-16)26(39)23-19(31)6-3-7-20(23)40-27)38-29-24(28(32)34-14-35-29)25(36-38)17-8-9-21-33-10-11-37(21)13-17/h2-15H,1H3,(H2,32,34,35). The minimum atomic E-state index is -0.749. The Bertz CT molecular complexity index is 2170. The van der Waals surface area contributed by atoms with Gasteiger partial charge in [0.05, 0.1) is 10.9 Å². The Morgan fingerprint density at radius 2 is 1.82 bits per heavy atom. The van der Waals surface area contributed by atoms with Gasteiger partial charge in [0.25, 0.3) is 0 Å². The SMILES string of the molecule is CC(c1oc2cccc(F)c2c(=O)c1-c1cccc(F)c1)n1nc(-c2ccc3nccn3c2)c2c(N)ncnc21. The molecular formula is C29H19F2N7O2. The van der Waals surface area contributed by atoms with E-state index >= 15 is 0 Å². The van der Waals surface area contributed by atoms with Gasteiger partial charge in [0.2, 0.25) is 5.43 Å². The molecule has 5 heterocycles. The van der Waals surface area contributed by atoms with Crippen LogP contribution in [0.4, 0.5) is 14.6 Å². The van der Waals surface area contributed by atoms with Gasteiger partial charge in [-0.3, -0.25) is 4.79 Å². The molecule has 0 aliphatic heterocycles. The monoisotopic (exact) mass is 535 g/mol. The summed E-state index contributed by atoms with van der Waals surface area (Å²) in [5.41, 5.74) is 8.42. The molecule has 0 bridgehead atoms. The van der Waals surface area contributed by atoms with Crippen LogP contribution in [-0.2, 0) is 0 Å². The van der Waals surface area contributed by atoms with Gasteiger partial charge in [-0.2, -0.15) is 5.10 Å². The third-order valence-corrected chi connectivity index (χ3v) is 6.94. The van der Waals surface area contributed by atoms with Gasteiger partial charge in [-0.05, 0) is 48.9 Å². The highest BCUT2D eigenvalue weighted by Gasteiger charge is 2.28. The Kier molecular flexibility index (Phi) is 5.20. The molecule has 7 rings (SSSR count). The Hall–Kier alpha value is -5.45. The number of nitrogens with zero attached hydrogens (tertiary/aromatic N) is 6. The van der Waals surface area contributed by atoms with Crippen molar-refractivity contribution in [3.63, 3.8) is 0 Å². The number of hydrogen-bond acceptors (Lipinski definition) is 7. The zero-order chi connectivity index (χ0) is 27.5. The van der Waals surface area contributed by atoms with E-state index in [1.807, 2.05) is 28.9 Å². The largest absolute Gasteiger partial charge is 0.458 e. The van der Waals surface area contributed by atoms with Crippen molar-refractivity contribution in [2.75, 3.05) is 5.73 Å². The number of imidazole rings is 1. The number of aromatic nitrogens is 6. The van der Waals surface area contributed by atoms with E-state index in [2.05, 4.69) is 15.0 Å². The molecule has 196 valence electrons. The van der Waals surface area contributed by atoms with Crippen LogP contribution in [0.15, 0.2) is 88.7 Å². The molecule has 1 unspecified atom stereocenters. The van der Waals surface area contributed by atoms with Crippen LogP contribution in [0.3, 0.4) is 0 Å². The normalized spacial score (nSPS) is 12.5. The Labute approximate surface area is 224 Å². The minimum Gasteiger partial charge on any atom is -0.458 e. The fourth-order valence-electron chi connectivity index (χ4n) is 5.07. The van der Waals surface area contributed by atoms with Crippen LogP contribution in [0, 0.1) is 11.6 Å². The summed E-state index contributed by atoms with van der Waals surface area (Å²) in [4.78, 5) is 26.7. The smallest absolute Gasteiger partial charge is 0.203 e. The number of anilines is 1. The molecule has 0 spiro atoms. The highest BCUT2D eigenvalue weighted by atomic mass is 19.1. The van der Waals surface area contributed by atoms with Crippen molar-refractivity contribution in [3.8, 4) is 22.4 Å². The summed E-state index contributed by atoms with van der Waals surface area (Å²) in [5.74, 6) is -0.903. The molecule has 7 aromatic rings. The van der Waals surface area contributed by atoms with E-state index in [9.17, 15) is 13.6 Å². The van der Waals surface area contributed by atoms with E-state index in [4.69, 9.17) is 15.2 Å². The van der Waals surface area contributed by atoms with Gasteiger partial charge >= 0.3 is 0 Å². The number of hydrogen-bond donors (Lipinski definition) is 1. The molecule has 0 saturated heterocycles. The Balaban J connectivity index is 1.51. The van der Waals surface area contributed by atoms with Gasteiger partial charge in [-0.25, -0.2) is 28.4 Å². The second kappa shape index (κ2) is 8.80. The summed E-state index contributed by atoms with van der Waals surface area (Å²) in [6, 6.07) is 12.6. The van der Waals surface area contributed by atoms with Crippen LogP contribution in [-0.4, -0.2) is 29.1 Å². The second-order valence-corrected chi connectivity index (χ2v) is 9.33. The van der Waals surface area contributed by atoms with Crippen LogP contribution < -0.4 is 11.2 Å². The van der Waals surface area contributed by atoms with Gasteiger partial charge in [-0.15, -0.1) is 0 Å². The number of nitrogen functional groups attached to an aromatic ring is 1. The molecular weight excluding hydrogens is 516 g/mol. The predicted molar refractivity (Wildman–Crippen MR) is 146 cm³/mol. The van der Waals surface area contributed by atoms with Crippen LogP contribution in [0.25, 0.3) is 50.0 Å². The number of halogens is 2. The number of nitrogens with two attached hydrogens (primary N) is 1. The van der Waals surface area contributed by atoms with Gasteiger partial charge in [0.15, 0.2) is 5.65 Å². The molecule has 1 atom stereocenters. The maximum atomic E-state index is 14.8. The van der Waals surface area contributed by atoms with Crippen molar-refractivity contribution in [3.05, 3.63) is 107 Å². The maximum absolute atomic E-state index is 14.8. The van der Waals surface area contributed by atoms with Crippen LogP contribution in [0.1, 0.15) is 18.7 Å². The first-order valence-corrected chi connectivity index (χ1v) is 12.3. The van der Waals surface area contributed by atoms with Crippen molar-refractivity contribution >= 4 is 33.5 Å². The average molecular weight is 536 g/mol. The first-order valence-electron chi connectivity index (χ1n) is 12.3. The van der Waals surface area contributed by atoms with Crippen LogP contribution in [0.5, 0.6) is 0 Å². The molecule has 2 aromatic carbocycles. The van der Waals surface area contributed by atoms with E-state index in [0.29, 0.717) is 16.7 Å². The summed E-state index contributed by atoms with van der Waals surface area (Å²) in [7, 11) is 0. The molecule has 9 nitrogen and oxygen atoms in total. The highest BCUT2D eigenvalue weighted by molar-refractivity contribution is 5.98. The molecule has 11 heteroatoms. The number of rotatable bonds is 4. The van der Waals surface area contributed by atoms with E-state index in [1.165, 1.54) is 42.7 Å².